The van der Waals surface area contributed by atoms with Gasteiger partial charge in [-0.05, 0) is 31.7 Å². The van der Waals surface area contributed by atoms with E-state index in [9.17, 15) is 0 Å². The highest BCUT2D eigenvalue weighted by Crippen LogP contribution is 2.35. The fourth-order valence-electron chi connectivity index (χ4n) is 1.95. The van der Waals surface area contributed by atoms with Crippen LogP contribution in [0, 0.1) is 5.92 Å². The molecular weight excluding hydrogens is 170 g/mol. The van der Waals surface area contributed by atoms with Crippen LogP contribution in [0.25, 0.3) is 0 Å². The van der Waals surface area contributed by atoms with Gasteiger partial charge in [0, 0.05) is 12.6 Å². The van der Waals surface area contributed by atoms with Crippen LogP contribution in [0.5, 0.6) is 0 Å². The molecule has 0 amide bonds. The highest BCUT2D eigenvalue weighted by Gasteiger charge is 2.29. The van der Waals surface area contributed by atoms with Crippen molar-refractivity contribution in [2.24, 2.45) is 5.92 Å². The zero-order chi connectivity index (χ0) is 7.68. The quantitative estimate of drug-likeness (QED) is 0.478. The predicted molar refractivity (Wildman–Crippen MR) is 54.5 cm³/mol. The molecule has 0 spiro atoms. The lowest BCUT2D eigenvalue weighted by atomic mass is 9.80. The van der Waals surface area contributed by atoms with Gasteiger partial charge in [0.2, 0.25) is 0 Å². The van der Waals surface area contributed by atoms with E-state index in [4.69, 9.17) is 0 Å². The van der Waals surface area contributed by atoms with Gasteiger partial charge in [0.05, 0.1) is 0 Å². The summed E-state index contributed by atoms with van der Waals surface area (Å²) >= 11 is 2.20. The first-order valence-corrected chi connectivity index (χ1v) is 8.45. The van der Waals surface area contributed by atoms with Gasteiger partial charge in [-0.1, -0.05) is 6.42 Å². The molecule has 1 unspecified atom stereocenters. The molecule has 1 aliphatic carbocycles. The number of hydrogen-bond donors (Lipinski definition) is 0. The Hall–Kier alpha value is 0.527. The topological polar surface area (TPSA) is 3.24 Å². The zero-order valence-electron chi connectivity index (χ0n) is 7.25. The van der Waals surface area contributed by atoms with Gasteiger partial charge in [0.25, 0.3) is 0 Å². The minimum absolute atomic E-state index is 0.280. The van der Waals surface area contributed by atoms with Crippen molar-refractivity contribution in [3.05, 3.63) is 0 Å². The molecule has 2 aliphatic rings. The Morgan fingerprint density at radius 3 is 2.82 bits per heavy atom. The van der Waals surface area contributed by atoms with Crippen LogP contribution < -0.4 is 0 Å². The van der Waals surface area contributed by atoms with Crippen LogP contribution in [0.2, 0.25) is 6.04 Å². The lowest BCUT2D eigenvalue weighted by Gasteiger charge is -2.36. The van der Waals surface area contributed by atoms with Crippen LogP contribution in [0.4, 0.5) is 0 Å². The Bertz CT molecular complexity index is 132. The van der Waals surface area contributed by atoms with Gasteiger partial charge >= 0.3 is 0 Å². The van der Waals surface area contributed by atoms with E-state index in [1.807, 2.05) is 0 Å². The van der Waals surface area contributed by atoms with Crippen LogP contribution in [0.15, 0.2) is 0 Å². The maximum Gasteiger partial charge on any atom is 0.107 e. The Morgan fingerprint density at radius 1 is 1.55 bits per heavy atom. The van der Waals surface area contributed by atoms with E-state index in [2.05, 4.69) is 22.6 Å². The van der Waals surface area contributed by atoms with Gasteiger partial charge in [0.1, 0.15) is 8.67 Å². The van der Waals surface area contributed by atoms with Gasteiger partial charge in [0.15, 0.2) is 0 Å². The minimum atomic E-state index is 0.280. The van der Waals surface area contributed by atoms with E-state index >= 15 is 0 Å². The van der Waals surface area contributed by atoms with Gasteiger partial charge in [-0.2, -0.15) is 0 Å². The highest BCUT2D eigenvalue weighted by atomic mass is 32.4. The van der Waals surface area contributed by atoms with Gasteiger partial charge in [-0.15, -0.1) is 11.4 Å². The lowest BCUT2D eigenvalue weighted by molar-refractivity contribution is 0.191. The average Bonchev–Trinajstić information content (AvgIpc) is 2.32. The molecule has 1 heterocycles. The first-order valence-electron chi connectivity index (χ1n) is 4.77. The van der Waals surface area contributed by atoms with Gasteiger partial charge < -0.3 is 0 Å². The molecule has 0 aromatic heterocycles. The number of hydrogen-bond acceptors (Lipinski definition) is 2. The Labute approximate surface area is 75.5 Å². The third kappa shape index (κ3) is 1.65. The molecule has 64 valence electrons. The molecule has 1 aliphatic heterocycles. The van der Waals surface area contributed by atoms with E-state index in [1.165, 1.54) is 25.8 Å². The third-order valence-corrected chi connectivity index (χ3v) is 7.11. The SMILES string of the molecule is CC(C1CCC1)N1CC[SiH2]S1. The fourth-order valence-corrected chi connectivity index (χ4v) is 6.24. The second-order valence-corrected chi connectivity index (χ2v) is 7.60. The van der Waals surface area contributed by atoms with E-state index < -0.39 is 0 Å². The molecule has 1 atom stereocenters. The van der Waals surface area contributed by atoms with Crippen LogP contribution in [-0.4, -0.2) is 25.6 Å². The van der Waals surface area contributed by atoms with Crippen LogP contribution >= 0.6 is 11.4 Å². The molecule has 0 N–H and O–H groups in total. The van der Waals surface area contributed by atoms with E-state index in [0.717, 1.165) is 12.0 Å². The second kappa shape index (κ2) is 3.50. The van der Waals surface area contributed by atoms with Crippen molar-refractivity contribution in [1.29, 1.82) is 0 Å². The summed E-state index contributed by atoms with van der Waals surface area (Å²) in [5.41, 5.74) is 0. The molecule has 0 bridgehead atoms. The van der Waals surface area contributed by atoms with Gasteiger partial charge in [-0.3, -0.25) is 4.31 Å². The molecule has 1 nitrogen and oxygen atoms in total. The van der Waals surface area contributed by atoms with Crippen molar-refractivity contribution in [2.45, 2.75) is 38.3 Å². The minimum Gasteiger partial charge on any atom is -0.254 e. The summed E-state index contributed by atoms with van der Waals surface area (Å²) < 4.78 is 2.66. The predicted octanol–water partition coefficient (Wildman–Crippen LogP) is 1.64. The summed E-state index contributed by atoms with van der Waals surface area (Å²) in [6.07, 6.45) is 4.49. The molecule has 0 radical (unpaired) electrons. The summed E-state index contributed by atoms with van der Waals surface area (Å²) in [6, 6.07) is 2.44. The van der Waals surface area contributed by atoms with Gasteiger partial charge in [-0.25, -0.2) is 0 Å². The van der Waals surface area contributed by atoms with E-state index in [0.29, 0.717) is 0 Å². The standard InChI is InChI=1S/C8H17NSSi/c1-7(8-3-2-4-8)9-5-6-11-10-9/h7-8H,2-6,11H2,1H3. The smallest absolute Gasteiger partial charge is 0.107 e. The summed E-state index contributed by atoms with van der Waals surface area (Å²) in [5.74, 6) is 1.05. The molecule has 1 saturated carbocycles. The monoisotopic (exact) mass is 187 g/mol. The zero-order valence-corrected chi connectivity index (χ0v) is 9.48. The van der Waals surface area contributed by atoms with Crippen molar-refractivity contribution < 1.29 is 0 Å². The summed E-state index contributed by atoms with van der Waals surface area (Å²) in [7, 11) is 0.280. The molecule has 0 aromatic carbocycles. The van der Waals surface area contributed by atoms with Crippen molar-refractivity contribution in [1.82, 2.24) is 4.31 Å². The summed E-state index contributed by atoms with van der Waals surface area (Å²) in [4.78, 5) is 0. The van der Waals surface area contributed by atoms with Crippen molar-refractivity contribution >= 4 is 20.1 Å². The summed E-state index contributed by atoms with van der Waals surface area (Å²) in [5, 5.41) is 0. The molecule has 0 aromatic rings. The molecular formula is C8H17NSSi. The fraction of sp³-hybridized carbons (Fsp3) is 1.00. The number of rotatable bonds is 2. The van der Waals surface area contributed by atoms with Crippen molar-refractivity contribution in [3.63, 3.8) is 0 Å². The number of nitrogens with zero attached hydrogens (tertiary/aromatic N) is 1. The van der Waals surface area contributed by atoms with E-state index in [-0.39, 0.29) is 8.67 Å². The largest absolute Gasteiger partial charge is 0.254 e. The van der Waals surface area contributed by atoms with Crippen LogP contribution in [0.3, 0.4) is 0 Å². The Kier molecular flexibility index (Phi) is 2.59. The summed E-state index contributed by atoms with van der Waals surface area (Å²) in [6.45, 7) is 3.82. The molecule has 2 fully saturated rings. The molecule has 1 saturated heterocycles. The highest BCUT2D eigenvalue weighted by molar-refractivity contribution is 8.21. The van der Waals surface area contributed by atoms with Crippen LogP contribution in [0.1, 0.15) is 26.2 Å². The maximum absolute atomic E-state index is 2.66. The average molecular weight is 187 g/mol. The van der Waals surface area contributed by atoms with Crippen molar-refractivity contribution in [3.8, 4) is 0 Å². The van der Waals surface area contributed by atoms with Crippen molar-refractivity contribution in [2.75, 3.05) is 6.54 Å². The molecule has 11 heavy (non-hydrogen) atoms. The third-order valence-electron chi connectivity index (χ3n) is 3.07. The molecule has 3 heteroatoms. The molecule has 2 rings (SSSR count). The maximum atomic E-state index is 2.66. The Balaban J connectivity index is 1.82. The lowest BCUT2D eigenvalue weighted by Crippen LogP contribution is -2.35. The second-order valence-electron chi connectivity index (χ2n) is 3.76. The Morgan fingerprint density at radius 2 is 2.36 bits per heavy atom. The van der Waals surface area contributed by atoms with E-state index in [1.54, 1.807) is 6.04 Å². The first-order chi connectivity index (χ1) is 5.38. The normalized spacial score (nSPS) is 32.5. The van der Waals surface area contributed by atoms with Crippen LogP contribution in [-0.2, 0) is 0 Å². The first kappa shape index (κ1) is 8.14.